The zero-order valence-electron chi connectivity index (χ0n) is 19.2. The van der Waals surface area contributed by atoms with E-state index in [2.05, 4.69) is 16.9 Å². The molecular formula is C25H28N4O4S. The Hall–Kier alpha value is -3.17. The topological polar surface area (TPSA) is 103 Å². The second-order valence-corrected chi connectivity index (χ2v) is 10.0. The quantitative estimate of drug-likeness (QED) is 0.441. The molecule has 0 saturated carbocycles. The molecule has 2 aromatic rings. The molecule has 8 nitrogen and oxygen atoms in total. The number of likely N-dealkylation sites (tertiary alicyclic amines) is 1. The number of aliphatic hydroxyl groups excluding tert-OH is 1. The lowest BCUT2D eigenvalue weighted by molar-refractivity contribution is -0.166. The normalized spacial score (nSPS) is 23.0. The lowest BCUT2D eigenvalue weighted by atomic mass is 9.93. The lowest BCUT2D eigenvalue weighted by Crippen LogP contribution is -2.73. The van der Waals surface area contributed by atoms with Gasteiger partial charge in [0, 0.05) is 18.4 Å². The first kappa shape index (κ1) is 24.0. The number of aryl methyl sites for hydroxylation is 1. The number of nitrogens with one attached hydrogen (secondary N) is 1. The summed E-state index contributed by atoms with van der Waals surface area (Å²) in [5.41, 5.74) is 1.78. The van der Waals surface area contributed by atoms with Crippen LogP contribution in [0.2, 0.25) is 0 Å². The maximum Gasteiger partial charge on any atom is 0.255 e. The van der Waals surface area contributed by atoms with E-state index in [0.717, 1.165) is 5.56 Å². The zero-order valence-corrected chi connectivity index (χ0v) is 20.0. The average Bonchev–Trinajstić information content (AvgIpc) is 3.15. The highest BCUT2D eigenvalue weighted by atomic mass is 32.2. The Kier molecular flexibility index (Phi) is 6.77. The van der Waals surface area contributed by atoms with Crippen molar-refractivity contribution in [3.05, 3.63) is 78.1 Å². The SMILES string of the molecule is C=CCN1C(=O)[C@H]2N(C(=O)[C@@H](O)[C@H](Cc3ccccc3)NC(=O)c3cccnc3C)CSC21C. The van der Waals surface area contributed by atoms with Crippen LogP contribution >= 0.6 is 11.8 Å². The van der Waals surface area contributed by atoms with Gasteiger partial charge in [0.05, 0.1) is 17.5 Å². The number of hydrogen-bond acceptors (Lipinski definition) is 6. The third kappa shape index (κ3) is 4.21. The fraction of sp³-hybridized carbons (Fsp3) is 0.360. The van der Waals surface area contributed by atoms with Crippen LogP contribution in [0.4, 0.5) is 0 Å². The summed E-state index contributed by atoms with van der Waals surface area (Å²) in [4.78, 5) is 45.9. The molecule has 0 spiro atoms. The van der Waals surface area contributed by atoms with Crippen molar-refractivity contribution in [2.24, 2.45) is 0 Å². The molecule has 2 aliphatic rings. The van der Waals surface area contributed by atoms with E-state index in [1.807, 2.05) is 37.3 Å². The number of benzene rings is 1. The summed E-state index contributed by atoms with van der Waals surface area (Å²) in [6.07, 6.45) is 1.98. The minimum Gasteiger partial charge on any atom is -0.381 e. The van der Waals surface area contributed by atoms with Gasteiger partial charge in [0.1, 0.15) is 10.9 Å². The van der Waals surface area contributed by atoms with Gasteiger partial charge in [-0.15, -0.1) is 18.3 Å². The third-order valence-electron chi connectivity index (χ3n) is 6.45. The van der Waals surface area contributed by atoms with Crippen molar-refractivity contribution in [3.63, 3.8) is 0 Å². The first-order valence-corrected chi connectivity index (χ1v) is 12.1. The molecule has 3 amide bonds. The number of amides is 3. The van der Waals surface area contributed by atoms with Crippen molar-refractivity contribution in [3.8, 4) is 0 Å². The molecule has 1 aromatic carbocycles. The van der Waals surface area contributed by atoms with Crippen LogP contribution in [-0.2, 0) is 16.0 Å². The van der Waals surface area contributed by atoms with Crippen LogP contribution in [0.5, 0.6) is 0 Å². The van der Waals surface area contributed by atoms with Crippen LogP contribution in [0.3, 0.4) is 0 Å². The summed E-state index contributed by atoms with van der Waals surface area (Å²) in [6, 6.07) is 11.1. The molecule has 4 atom stereocenters. The van der Waals surface area contributed by atoms with Crippen molar-refractivity contribution in [2.45, 2.75) is 43.3 Å². The van der Waals surface area contributed by atoms with Gasteiger partial charge in [-0.25, -0.2) is 0 Å². The second-order valence-electron chi connectivity index (χ2n) is 8.63. The van der Waals surface area contributed by atoms with Crippen molar-refractivity contribution < 1.29 is 19.5 Å². The zero-order chi connectivity index (χ0) is 24.5. The maximum atomic E-state index is 13.4. The van der Waals surface area contributed by atoms with Gasteiger partial charge in [-0.1, -0.05) is 36.4 Å². The Balaban J connectivity index is 1.55. The molecule has 0 bridgehead atoms. The van der Waals surface area contributed by atoms with Gasteiger partial charge in [-0.2, -0.15) is 0 Å². The van der Waals surface area contributed by atoms with Gasteiger partial charge < -0.3 is 20.2 Å². The number of β-lactam (4-membered cyclic amide) rings is 1. The summed E-state index contributed by atoms with van der Waals surface area (Å²) in [7, 11) is 0. The van der Waals surface area contributed by atoms with Crippen molar-refractivity contribution >= 4 is 29.5 Å². The first-order chi connectivity index (χ1) is 16.3. The van der Waals surface area contributed by atoms with Gasteiger partial charge in [0.15, 0.2) is 6.10 Å². The Morgan fingerprint density at radius 2 is 2.06 bits per heavy atom. The van der Waals surface area contributed by atoms with Crippen molar-refractivity contribution in [1.82, 2.24) is 20.1 Å². The monoisotopic (exact) mass is 480 g/mol. The molecule has 2 aliphatic heterocycles. The van der Waals surface area contributed by atoms with E-state index >= 15 is 0 Å². The number of thioether (sulfide) groups is 1. The van der Waals surface area contributed by atoms with Crippen molar-refractivity contribution in [1.29, 1.82) is 0 Å². The van der Waals surface area contributed by atoms with Gasteiger partial charge in [0.25, 0.3) is 11.8 Å². The number of carbonyl (C=O) groups is 3. The number of aromatic nitrogens is 1. The van der Waals surface area contributed by atoms with Crippen LogP contribution in [0.15, 0.2) is 61.3 Å². The second kappa shape index (κ2) is 9.60. The molecule has 2 saturated heterocycles. The maximum absolute atomic E-state index is 13.4. The highest BCUT2D eigenvalue weighted by Gasteiger charge is 2.65. The number of rotatable bonds is 8. The molecule has 2 N–H and O–H groups in total. The number of carbonyl (C=O) groups excluding carboxylic acids is 3. The largest absolute Gasteiger partial charge is 0.381 e. The van der Waals surface area contributed by atoms with Crippen LogP contribution in [-0.4, -0.2) is 73.1 Å². The predicted molar refractivity (Wildman–Crippen MR) is 130 cm³/mol. The Labute approximate surface area is 203 Å². The number of hydrogen-bond donors (Lipinski definition) is 2. The fourth-order valence-electron chi connectivity index (χ4n) is 4.54. The Morgan fingerprint density at radius 1 is 1.32 bits per heavy atom. The summed E-state index contributed by atoms with van der Waals surface area (Å²) >= 11 is 1.48. The van der Waals surface area contributed by atoms with Crippen molar-refractivity contribution in [2.75, 3.05) is 12.4 Å². The lowest BCUT2D eigenvalue weighted by Gasteiger charge is -2.52. The molecular weight excluding hydrogens is 452 g/mol. The summed E-state index contributed by atoms with van der Waals surface area (Å²) < 4.78 is 0. The molecule has 178 valence electrons. The van der Waals surface area contributed by atoms with E-state index in [0.29, 0.717) is 17.8 Å². The minimum absolute atomic E-state index is 0.164. The highest BCUT2D eigenvalue weighted by Crippen LogP contribution is 2.50. The van der Waals surface area contributed by atoms with Crippen LogP contribution in [0.1, 0.15) is 28.5 Å². The van der Waals surface area contributed by atoms with E-state index < -0.39 is 34.9 Å². The molecule has 34 heavy (non-hydrogen) atoms. The van der Waals surface area contributed by atoms with Gasteiger partial charge >= 0.3 is 0 Å². The molecule has 1 unspecified atom stereocenters. The molecule has 3 heterocycles. The number of pyridine rings is 1. The molecule has 2 fully saturated rings. The van der Waals surface area contributed by atoms with E-state index in [4.69, 9.17) is 0 Å². The highest BCUT2D eigenvalue weighted by molar-refractivity contribution is 8.01. The van der Waals surface area contributed by atoms with Gasteiger partial charge in [0.2, 0.25) is 5.91 Å². The summed E-state index contributed by atoms with van der Waals surface area (Å²) in [5.74, 6) is -0.875. The summed E-state index contributed by atoms with van der Waals surface area (Å²) in [5, 5.41) is 14.0. The van der Waals surface area contributed by atoms with Crippen LogP contribution in [0.25, 0.3) is 0 Å². The van der Waals surface area contributed by atoms with E-state index in [1.165, 1.54) is 16.7 Å². The molecule has 4 rings (SSSR count). The minimum atomic E-state index is -1.52. The number of aliphatic hydroxyl groups is 1. The van der Waals surface area contributed by atoms with E-state index in [9.17, 15) is 19.5 Å². The third-order valence-corrected chi connectivity index (χ3v) is 7.88. The molecule has 0 radical (unpaired) electrons. The number of nitrogens with zero attached hydrogens (tertiary/aromatic N) is 3. The van der Waals surface area contributed by atoms with Crippen LogP contribution < -0.4 is 5.32 Å². The molecule has 9 heteroatoms. The fourth-order valence-corrected chi connectivity index (χ4v) is 5.93. The summed E-state index contributed by atoms with van der Waals surface area (Å²) in [6.45, 7) is 7.74. The average molecular weight is 481 g/mol. The Morgan fingerprint density at radius 3 is 2.74 bits per heavy atom. The van der Waals surface area contributed by atoms with E-state index in [-0.39, 0.29) is 18.2 Å². The molecule has 1 aromatic heterocycles. The smallest absolute Gasteiger partial charge is 0.255 e. The van der Waals surface area contributed by atoms with Crippen LogP contribution in [0, 0.1) is 6.92 Å². The first-order valence-electron chi connectivity index (χ1n) is 11.1. The van der Waals surface area contributed by atoms with Gasteiger partial charge in [-0.05, 0) is 38.0 Å². The Bertz CT molecular complexity index is 1110. The van der Waals surface area contributed by atoms with Gasteiger partial charge in [-0.3, -0.25) is 19.4 Å². The van der Waals surface area contributed by atoms with E-state index in [1.54, 1.807) is 36.2 Å². The molecule has 0 aliphatic carbocycles. The standard InChI is InChI=1S/C25H28N4O4S/c1-4-13-29-24(33)21-25(29,3)34-15-28(21)23(32)20(30)19(14-17-9-6-5-7-10-17)27-22(31)18-11-8-12-26-16(18)2/h4-12,19-21,30H,1,13-15H2,2-3H3,(H,27,31)/t19-,20-,21+,25?/m0/s1. The number of fused-ring (bicyclic) bond motifs is 1. The predicted octanol–water partition coefficient (Wildman–Crippen LogP) is 1.74.